The first-order valence-corrected chi connectivity index (χ1v) is 8.31. The third-order valence-corrected chi connectivity index (χ3v) is 4.21. The molecule has 1 atom stereocenters. The van der Waals surface area contributed by atoms with Gasteiger partial charge in [0.15, 0.2) is 17.3 Å². The number of nitrogens with zero attached hydrogens (tertiary/aromatic N) is 1. The Morgan fingerprint density at radius 2 is 2.00 bits per heavy atom. The van der Waals surface area contributed by atoms with E-state index in [-0.39, 0.29) is 11.9 Å². The molecule has 1 unspecified atom stereocenters. The van der Waals surface area contributed by atoms with Crippen LogP contribution in [0.3, 0.4) is 0 Å². The summed E-state index contributed by atoms with van der Waals surface area (Å²) in [7, 11) is 3.66. The van der Waals surface area contributed by atoms with Crippen molar-refractivity contribution in [1.29, 1.82) is 0 Å². The third kappa shape index (κ3) is 4.12. The molecule has 0 spiro atoms. The van der Waals surface area contributed by atoms with Crippen LogP contribution in [0.1, 0.15) is 22.8 Å². The summed E-state index contributed by atoms with van der Waals surface area (Å²) in [6, 6.07) is 13.2. The summed E-state index contributed by atoms with van der Waals surface area (Å²) in [6.45, 7) is 3.46. The van der Waals surface area contributed by atoms with Gasteiger partial charge in [0, 0.05) is 24.2 Å². The summed E-state index contributed by atoms with van der Waals surface area (Å²) in [5, 5.41) is 0. The molecule has 3 rings (SSSR count). The number of fused-ring (bicyclic) bond motifs is 1. The van der Waals surface area contributed by atoms with Gasteiger partial charge in [0.05, 0.1) is 7.11 Å². The van der Waals surface area contributed by atoms with E-state index in [0.717, 1.165) is 22.8 Å². The molecule has 5 nitrogen and oxygen atoms in total. The molecular formula is C20H23NO4. The van der Waals surface area contributed by atoms with E-state index in [2.05, 4.69) is 4.90 Å². The first kappa shape index (κ1) is 17.3. The molecule has 0 aromatic heterocycles. The van der Waals surface area contributed by atoms with Gasteiger partial charge in [-0.1, -0.05) is 12.1 Å². The summed E-state index contributed by atoms with van der Waals surface area (Å²) < 4.78 is 17.2. The fraction of sp³-hybridized carbons (Fsp3) is 0.350. The molecule has 1 aliphatic heterocycles. The van der Waals surface area contributed by atoms with E-state index in [0.29, 0.717) is 25.3 Å². The maximum Gasteiger partial charge on any atom is 0.161 e. The van der Waals surface area contributed by atoms with Crippen LogP contribution in [0, 0.1) is 0 Å². The predicted molar refractivity (Wildman–Crippen MR) is 95.7 cm³/mol. The zero-order valence-electron chi connectivity index (χ0n) is 14.8. The van der Waals surface area contributed by atoms with Gasteiger partial charge in [0.2, 0.25) is 0 Å². The van der Waals surface area contributed by atoms with E-state index >= 15 is 0 Å². The highest BCUT2D eigenvalue weighted by Crippen LogP contribution is 2.31. The third-order valence-electron chi connectivity index (χ3n) is 4.21. The van der Waals surface area contributed by atoms with Crippen molar-refractivity contribution in [1.82, 2.24) is 4.90 Å². The molecule has 0 N–H and O–H groups in total. The molecule has 5 heteroatoms. The number of carbonyl (C=O) groups excluding carboxylic acids is 1. The Labute approximate surface area is 148 Å². The standard InChI is InChI=1S/C20H23NO4/c1-14(22)15-8-9-18(23-3)16(10-15)11-21(2)12-17-13-24-19-6-4-5-7-20(19)25-17/h4-10,17H,11-13H2,1-3H3. The van der Waals surface area contributed by atoms with Crippen molar-refractivity contribution in [3.8, 4) is 17.2 Å². The number of ether oxygens (including phenoxy) is 3. The van der Waals surface area contributed by atoms with E-state index in [4.69, 9.17) is 14.2 Å². The zero-order valence-corrected chi connectivity index (χ0v) is 14.8. The van der Waals surface area contributed by atoms with Crippen LogP contribution in [0.15, 0.2) is 42.5 Å². The highest BCUT2D eigenvalue weighted by atomic mass is 16.6. The molecule has 0 saturated heterocycles. The number of rotatable bonds is 6. The van der Waals surface area contributed by atoms with Crippen molar-refractivity contribution in [2.45, 2.75) is 19.6 Å². The summed E-state index contributed by atoms with van der Waals surface area (Å²) in [4.78, 5) is 13.8. The number of para-hydroxylation sites is 2. The lowest BCUT2D eigenvalue weighted by Crippen LogP contribution is -2.39. The molecule has 0 saturated carbocycles. The van der Waals surface area contributed by atoms with Gasteiger partial charge in [-0.05, 0) is 44.3 Å². The molecule has 0 aliphatic carbocycles. The van der Waals surface area contributed by atoms with Gasteiger partial charge in [-0.2, -0.15) is 0 Å². The van der Waals surface area contributed by atoms with Gasteiger partial charge in [0.1, 0.15) is 18.5 Å². The minimum absolute atomic E-state index is 0.0399. The van der Waals surface area contributed by atoms with Gasteiger partial charge >= 0.3 is 0 Å². The maximum atomic E-state index is 11.6. The Morgan fingerprint density at radius 3 is 2.72 bits per heavy atom. The van der Waals surface area contributed by atoms with E-state index in [1.54, 1.807) is 20.1 Å². The number of Topliss-reactive ketones (excluding diaryl/α,β-unsaturated/α-hetero) is 1. The normalized spacial score (nSPS) is 15.9. The van der Waals surface area contributed by atoms with Crippen LogP contribution in [0.4, 0.5) is 0 Å². The summed E-state index contributed by atoms with van der Waals surface area (Å²) in [6.07, 6.45) is -0.0399. The van der Waals surface area contributed by atoms with Gasteiger partial charge in [-0.3, -0.25) is 9.69 Å². The van der Waals surface area contributed by atoms with Gasteiger partial charge < -0.3 is 14.2 Å². The molecule has 1 heterocycles. The van der Waals surface area contributed by atoms with E-state index in [9.17, 15) is 4.79 Å². The van der Waals surface area contributed by atoms with Crippen LogP contribution < -0.4 is 14.2 Å². The molecule has 0 bridgehead atoms. The Balaban J connectivity index is 1.66. The Kier molecular flexibility index (Phi) is 5.24. The largest absolute Gasteiger partial charge is 0.496 e. The first-order valence-electron chi connectivity index (χ1n) is 8.31. The van der Waals surface area contributed by atoms with E-state index in [1.807, 2.05) is 43.4 Å². The average molecular weight is 341 g/mol. The lowest BCUT2D eigenvalue weighted by atomic mass is 10.1. The van der Waals surface area contributed by atoms with E-state index in [1.165, 1.54) is 0 Å². The summed E-state index contributed by atoms with van der Waals surface area (Å²) in [5.41, 5.74) is 1.67. The number of hydrogen-bond acceptors (Lipinski definition) is 5. The van der Waals surface area contributed by atoms with Crippen molar-refractivity contribution < 1.29 is 19.0 Å². The van der Waals surface area contributed by atoms with Gasteiger partial charge in [0.25, 0.3) is 0 Å². The minimum Gasteiger partial charge on any atom is -0.496 e. The van der Waals surface area contributed by atoms with Crippen LogP contribution in [-0.4, -0.2) is 44.1 Å². The molecule has 1 aliphatic rings. The first-order chi connectivity index (χ1) is 12.1. The van der Waals surface area contributed by atoms with Crippen LogP contribution in [0.2, 0.25) is 0 Å². The van der Waals surface area contributed by atoms with Gasteiger partial charge in [-0.15, -0.1) is 0 Å². The molecular weight excluding hydrogens is 318 g/mol. The highest BCUT2D eigenvalue weighted by molar-refractivity contribution is 5.94. The Morgan fingerprint density at radius 1 is 1.24 bits per heavy atom. The van der Waals surface area contributed by atoms with Gasteiger partial charge in [-0.25, -0.2) is 0 Å². The van der Waals surface area contributed by atoms with Crippen molar-refractivity contribution >= 4 is 5.78 Å². The number of carbonyl (C=O) groups is 1. The number of methoxy groups -OCH3 is 1. The van der Waals surface area contributed by atoms with E-state index < -0.39 is 0 Å². The molecule has 25 heavy (non-hydrogen) atoms. The topological polar surface area (TPSA) is 48.0 Å². The molecule has 2 aromatic carbocycles. The smallest absolute Gasteiger partial charge is 0.161 e. The van der Waals surface area contributed by atoms with Crippen molar-refractivity contribution in [2.24, 2.45) is 0 Å². The fourth-order valence-electron chi connectivity index (χ4n) is 2.98. The Bertz CT molecular complexity index is 759. The molecule has 0 amide bonds. The monoisotopic (exact) mass is 341 g/mol. The van der Waals surface area contributed by atoms with Crippen LogP contribution >= 0.6 is 0 Å². The maximum absolute atomic E-state index is 11.6. The second-order valence-electron chi connectivity index (χ2n) is 6.28. The predicted octanol–water partition coefficient (Wildman–Crippen LogP) is 3.17. The summed E-state index contributed by atoms with van der Waals surface area (Å²) in [5.74, 6) is 2.40. The minimum atomic E-state index is -0.0399. The molecule has 0 radical (unpaired) electrons. The Hall–Kier alpha value is -2.53. The molecule has 2 aromatic rings. The number of benzene rings is 2. The number of likely N-dealkylation sites (N-methyl/N-ethyl adjacent to an activating group) is 1. The zero-order chi connectivity index (χ0) is 17.8. The molecule has 0 fully saturated rings. The lowest BCUT2D eigenvalue weighted by Gasteiger charge is -2.29. The molecule has 132 valence electrons. The number of ketones is 1. The SMILES string of the molecule is COc1ccc(C(C)=O)cc1CN(C)CC1COc2ccccc2O1. The lowest BCUT2D eigenvalue weighted by molar-refractivity contribution is 0.0636. The quantitative estimate of drug-likeness (QED) is 0.755. The van der Waals surface area contributed by atoms with Crippen LogP contribution in [0.25, 0.3) is 0 Å². The summed E-state index contributed by atoms with van der Waals surface area (Å²) >= 11 is 0. The van der Waals surface area contributed by atoms with Crippen LogP contribution in [0.5, 0.6) is 17.2 Å². The second-order valence-corrected chi connectivity index (χ2v) is 6.28. The average Bonchev–Trinajstić information content (AvgIpc) is 2.61. The number of hydrogen-bond donors (Lipinski definition) is 0. The second kappa shape index (κ2) is 7.57. The van der Waals surface area contributed by atoms with Crippen LogP contribution in [-0.2, 0) is 6.54 Å². The van der Waals surface area contributed by atoms with Crippen molar-refractivity contribution in [2.75, 3.05) is 27.3 Å². The fourth-order valence-corrected chi connectivity index (χ4v) is 2.98. The van der Waals surface area contributed by atoms with Crippen molar-refractivity contribution in [3.63, 3.8) is 0 Å². The highest BCUT2D eigenvalue weighted by Gasteiger charge is 2.22. The van der Waals surface area contributed by atoms with Crippen molar-refractivity contribution in [3.05, 3.63) is 53.6 Å².